The number of carbonyl (C=O) groups excluding carboxylic acids is 1. The first-order valence-electron chi connectivity index (χ1n) is 17.4. The number of carbonyl (C=O) groups is 1. The molecule has 0 bridgehead atoms. The molecule has 0 aromatic heterocycles. The van der Waals surface area contributed by atoms with Crippen LogP contribution in [0.5, 0.6) is 0 Å². The second-order valence-corrected chi connectivity index (χ2v) is 14.8. The van der Waals surface area contributed by atoms with Gasteiger partial charge in [-0.15, -0.1) is 11.8 Å². The van der Waals surface area contributed by atoms with Crippen molar-refractivity contribution in [3.05, 3.63) is 102 Å². The zero-order chi connectivity index (χ0) is 32.9. The predicted octanol–water partition coefficient (Wildman–Crippen LogP) is 7.67. The van der Waals surface area contributed by atoms with E-state index < -0.39 is 10.1 Å². The third-order valence-electron chi connectivity index (χ3n) is 8.32. The third-order valence-corrected chi connectivity index (χ3v) is 10.4. The van der Waals surface area contributed by atoms with Gasteiger partial charge < -0.3 is 9.87 Å². The van der Waals surface area contributed by atoms with Crippen molar-refractivity contribution in [2.45, 2.75) is 125 Å². The Morgan fingerprint density at radius 1 is 0.723 bits per heavy atom. The fourth-order valence-corrected chi connectivity index (χ4v) is 7.23. The Morgan fingerprint density at radius 3 is 1.79 bits per heavy atom. The summed E-state index contributed by atoms with van der Waals surface area (Å²) in [6.07, 6.45) is 23.3. The molecule has 251 valence electrons. The van der Waals surface area contributed by atoms with Crippen molar-refractivity contribution in [3.8, 4) is 0 Å². The van der Waals surface area contributed by atoms with Crippen LogP contribution in [0, 0.1) is 6.42 Å². The van der Waals surface area contributed by atoms with Crippen LogP contribution in [0.15, 0.2) is 88.7 Å². The van der Waals surface area contributed by atoms with Gasteiger partial charge in [0.25, 0.3) is 5.91 Å². The smallest absolute Gasteiger partial charge is 0.744 e. The molecule has 0 spiro atoms. The zero-order valence-corrected chi connectivity index (χ0v) is 33.4. The largest absolute Gasteiger partial charge is 1.00 e. The molecule has 0 fully saturated rings. The number of thioether (sulfide) groups is 1. The minimum Gasteiger partial charge on any atom is -0.744 e. The normalized spacial score (nSPS) is 12.0. The van der Waals surface area contributed by atoms with Gasteiger partial charge in [-0.3, -0.25) is 4.79 Å². The number of hydrogen-bond donors (Lipinski definition) is 1. The Hall–Kier alpha value is -0.974. The molecule has 1 unspecified atom stereocenters. The molecule has 0 aliphatic heterocycles. The van der Waals surface area contributed by atoms with E-state index in [-0.39, 0.29) is 67.4 Å². The number of hydrogen-bond acceptors (Lipinski definition) is 5. The summed E-state index contributed by atoms with van der Waals surface area (Å²) in [5, 5.41) is 3.00. The Labute approximate surface area is 332 Å². The van der Waals surface area contributed by atoms with Crippen LogP contribution in [0.25, 0.3) is 0 Å². The molecule has 1 radical (unpaired) electrons. The molecule has 0 heterocycles. The van der Waals surface area contributed by atoms with E-state index in [0.717, 1.165) is 28.9 Å². The SMILES string of the molecule is CCCCCCCCCCCCCCCCCCNC(=O)c1cccc(SC([CH]c2ccc(S(=O)(=O)[O-])cc2)c2ccccc2)c1.[K+]. The van der Waals surface area contributed by atoms with Crippen molar-refractivity contribution >= 4 is 27.8 Å². The van der Waals surface area contributed by atoms with Crippen LogP contribution in [0.4, 0.5) is 0 Å². The average Bonchev–Trinajstić information content (AvgIpc) is 3.06. The average molecular weight is 703 g/mol. The van der Waals surface area contributed by atoms with Crippen molar-refractivity contribution in [1.29, 1.82) is 0 Å². The Bertz CT molecular complexity index is 1370. The summed E-state index contributed by atoms with van der Waals surface area (Å²) < 4.78 is 34.0. The molecule has 1 N–H and O–H groups in total. The quantitative estimate of drug-likeness (QED) is 0.0448. The molecule has 8 heteroatoms. The summed E-state index contributed by atoms with van der Waals surface area (Å²) in [5.41, 5.74) is 2.52. The van der Waals surface area contributed by atoms with E-state index in [1.54, 1.807) is 23.9 Å². The minimum atomic E-state index is -4.49. The van der Waals surface area contributed by atoms with Crippen molar-refractivity contribution in [2.75, 3.05) is 6.54 Å². The number of benzene rings is 3. The zero-order valence-electron chi connectivity index (χ0n) is 28.6. The second-order valence-electron chi connectivity index (χ2n) is 12.2. The van der Waals surface area contributed by atoms with Gasteiger partial charge in [-0.2, -0.15) is 0 Å². The van der Waals surface area contributed by atoms with Gasteiger partial charge in [-0.1, -0.05) is 152 Å². The van der Waals surface area contributed by atoms with Gasteiger partial charge in [-0.25, -0.2) is 8.42 Å². The summed E-state index contributed by atoms with van der Waals surface area (Å²) in [6.45, 7) is 2.96. The van der Waals surface area contributed by atoms with Gasteiger partial charge in [0, 0.05) is 28.7 Å². The van der Waals surface area contributed by atoms with Crippen LogP contribution in [0.1, 0.15) is 136 Å². The monoisotopic (exact) mass is 702 g/mol. The molecule has 3 aromatic carbocycles. The summed E-state index contributed by atoms with van der Waals surface area (Å²) >= 11 is 1.61. The Balaban J connectivity index is 0.00000768. The van der Waals surface area contributed by atoms with Gasteiger partial charge in [0.05, 0.1) is 4.90 Å². The third kappa shape index (κ3) is 18.0. The first-order chi connectivity index (χ1) is 22.4. The molecule has 47 heavy (non-hydrogen) atoms. The Kier molecular flexibility index (Phi) is 22.5. The molecule has 3 aromatic rings. The predicted molar refractivity (Wildman–Crippen MR) is 191 cm³/mol. The van der Waals surface area contributed by atoms with Crippen LogP contribution in [-0.2, 0) is 10.1 Å². The summed E-state index contributed by atoms with van der Waals surface area (Å²) in [4.78, 5) is 13.6. The first kappa shape index (κ1) is 42.2. The molecular formula is C39H53KNO4S2. The molecule has 3 rings (SSSR count). The van der Waals surface area contributed by atoms with E-state index in [9.17, 15) is 17.8 Å². The second kappa shape index (κ2) is 25.0. The Morgan fingerprint density at radius 2 is 1.26 bits per heavy atom. The topological polar surface area (TPSA) is 86.3 Å². The van der Waals surface area contributed by atoms with E-state index in [1.165, 1.54) is 102 Å². The maximum Gasteiger partial charge on any atom is 1.00 e. The number of amides is 1. The summed E-state index contributed by atoms with van der Waals surface area (Å²) in [5.74, 6) is -0.0574. The molecular weight excluding hydrogens is 650 g/mol. The van der Waals surface area contributed by atoms with Crippen LogP contribution >= 0.6 is 11.8 Å². The molecule has 0 saturated heterocycles. The minimum absolute atomic E-state index is 0. The molecule has 1 amide bonds. The van der Waals surface area contributed by atoms with Crippen molar-refractivity contribution in [3.63, 3.8) is 0 Å². The van der Waals surface area contributed by atoms with Gasteiger partial charge in [0.15, 0.2) is 0 Å². The summed E-state index contributed by atoms with van der Waals surface area (Å²) in [6, 6.07) is 23.6. The maximum absolute atomic E-state index is 12.9. The van der Waals surface area contributed by atoms with E-state index >= 15 is 0 Å². The number of nitrogens with one attached hydrogen (secondary N) is 1. The van der Waals surface area contributed by atoms with Gasteiger partial charge in [-0.05, 0) is 47.9 Å². The van der Waals surface area contributed by atoms with Crippen molar-refractivity contribution < 1.29 is 69.1 Å². The van der Waals surface area contributed by atoms with E-state index in [2.05, 4.69) is 12.2 Å². The maximum atomic E-state index is 12.9. The molecule has 1 atom stereocenters. The van der Waals surface area contributed by atoms with Crippen LogP contribution in [0.3, 0.4) is 0 Å². The van der Waals surface area contributed by atoms with E-state index in [0.29, 0.717) is 12.1 Å². The molecule has 0 aliphatic carbocycles. The molecule has 0 saturated carbocycles. The van der Waals surface area contributed by atoms with Gasteiger partial charge in [0.2, 0.25) is 0 Å². The van der Waals surface area contributed by atoms with E-state index in [1.807, 2.05) is 61.0 Å². The van der Waals surface area contributed by atoms with Crippen LogP contribution < -0.4 is 56.7 Å². The van der Waals surface area contributed by atoms with Crippen LogP contribution in [-0.4, -0.2) is 25.4 Å². The fraction of sp³-hybridized carbons (Fsp3) is 0.487. The first-order valence-corrected chi connectivity index (χ1v) is 19.7. The standard InChI is InChI=1S/C39H54NO4S2.K/c1-2-3-4-5-6-7-8-9-10-11-12-13-14-15-16-20-30-40-39(41)35-24-21-25-36(32-35)45-38(34-22-18-17-19-23-34)31-33-26-28-37(29-27-33)46(42,43)44;/h17-19,21-29,31-32,38H,2-16,20,30H2,1H3,(H,40,41)(H,42,43,44);/q;+1/p-1. The molecule has 5 nitrogen and oxygen atoms in total. The van der Waals surface area contributed by atoms with Crippen LogP contribution in [0.2, 0.25) is 0 Å². The fourth-order valence-electron chi connectivity index (χ4n) is 5.60. The van der Waals surface area contributed by atoms with Crippen molar-refractivity contribution in [2.24, 2.45) is 0 Å². The number of unbranched alkanes of at least 4 members (excludes halogenated alkanes) is 15. The number of rotatable bonds is 24. The van der Waals surface area contributed by atoms with Gasteiger partial charge in [0.1, 0.15) is 10.1 Å². The van der Waals surface area contributed by atoms with E-state index in [4.69, 9.17) is 0 Å². The van der Waals surface area contributed by atoms with Gasteiger partial charge >= 0.3 is 51.4 Å². The molecule has 0 aliphatic rings. The summed E-state index contributed by atoms with van der Waals surface area (Å²) in [7, 11) is -4.49. The van der Waals surface area contributed by atoms with Crippen molar-refractivity contribution in [1.82, 2.24) is 5.32 Å².